The fourth-order valence-electron chi connectivity index (χ4n) is 4.15. The van der Waals surface area contributed by atoms with Crippen molar-refractivity contribution in [3.63, 3.8) is 0 Å². The number of piperidine rings is 2. The quantitative estimate of drug-likeness (QED) is 0.699. The number of fused-ring (bicyclic) bond motifs is 2. The lowest BCUT2D eigenvalue weighted by Crippen LogP contribution is -2.59. The molecule has 2 aliphatic rings. The normalized spacial score (nSPS) is 26.2. The van der Waals surface area contributed by atoms with Crippen LogP contribution in [0.15, 0.2) is 43.1 Å². The Morgan fingerprint density at radius 2 is 2.17 bits per heavy atom. The maximum Gasteiger partial charge on any atom is 0.252 e. The second-order valence-corrected chi connectivity index (χ2v) is 7.53. The standard InChI is InChI=1S/C20H21FN6O2/c21-19-15-3-1-2-12(24-15)8-17(19)29-18-10-23-20(26-25-18)14-5-4-13(9-16(14)28)27-7-6-22-11-27/h4-7,9-12,15,17,19,24,28H,1-3,8H2/t12?,15?,17-,19-/m0/s1. The highest BCUT2D eigenvalue weighted by molar-refractivity contribution is 5.65. The molecule has 0 saturated carbocycles. The summed E-state index contributed by atoms with van der Waals surface area (Å²) in [5, 5.41) is 21.8. The highest BCUT2D eigenvalue weighted by atomic mass is 19.1. The van der Waals surface area contributed by atoms with Crippen LogP contribution in [0.4, 0.5) is 4.39 Å². The lowest BCUT2D eigenvalue weighted by atomic mass is 9.84. The third kappa shape index (κ3) is 3.53. The van der Waals surface area contributed by atoms with E-state index < -0.39 is 12.3 Å². The van der Waals surface area contributed by atoms with Crippen LogP contribution >= 0.6 is 0 Å². The Bertz CT molecular complexity index is 981. The molecule has 3 aromatic rings. The molecule has 5 rings (SSSR count). The van der Waals surface area contributed by atoms with E-state index in [-0.39, 0.29) is 29.5 Å². The molecular formula is C20H21FN6O2. The molecule has 0 aliphatic carbocycles. The van der Waals surface area contributed by atoms with Crippen molar-refractivity contribution < 1.29 is 14.2 Å². The number of aromatic hydroxyl groups is 1. The summed E-state index contributed by atoms with van der Waals surface area (Å²) in [6.07, 6.45) is 8.42. The second kappa shape index (κ2) is 7.40. The zero-order chi connectivity index (χ0) is 19.8. The maximum absolute atomic E-state index is 14.7. The van der Waals surface area contributed by atoms with E-state index >= 15 is 0 Å². The number of halogens is 1. The van der Waals surface area contributed by atoms with Crippen molar-refractivity contribution in [2.45, 2.75) is 50.0 Å². The first-order valence-electron chi connectivity index (χ1n) is 9.75. The van der Waals surface area contributed by atoms with Crippen LogP contribution in [0.3, 0.4) is 0 Å². The van der Waals surface area contributed by atoms with Crippen molar-refractivity contribution in [3.05, 3.63) is 43.1 Å². The molecule has 29 heavy (non-hydrogen) atoms. The molecule has 0 spiro atoms. The Morgan fingerprint density at radius 3 is 2.93 bits per heavy atom. The van der Waals surface area contributed by atoms with Crippen molar-refractivity contribution in [3.8, 4) is 28.7 Å². The monoisotopic (exact) mass is 396 g/mol. The third-order valence-corrected chi connectivity index (χ3v) is 5.61. The number of hydrogen-bond acceptors (Lipinski definition) is 7. The van der Waals surface area contributed by atoms with Crippen molar-refractivity contribution >= 4 is 0 Å². The van der Waals surface area contributed by atoms with Crippen LogP contribution in [0.5, 0.6) is 11.6 Å². The lowest BCUT2D eigenvalue weighted by Gasteiger charge is -2.42. The predicted octanol–water partition coefficient (Wildman–Crippen LogP) is 2.43. The van der Waals surface area contributed by atoms with Gasteiger partial charge in [0.2, 0.25) is 0 Å². The number of benzene rings is 1. The Hall–Kier alpha value is -3.07. The van der Waals surface area contributed by atoms with E-state index in [0.29, 0.717) is 12.0 Å². The van der Waals surface area contributed by atoms with Crippen molar-refractivity contribution in [2.75, 3.05) is 0 Å². The van der Waals surface area contributed by atoms with Crippen LogP contribution in [0.2, 0.25) is 0 Å². The molecule has 2 aliphatic heterocycles. The van der Waals surface area contributed by atoms with E-state index in [0.717, 1.165) is 24.9 Å². The predicted molar refractivity (Wildman–Crippen MR) is 103 cm³/mol. The van der Waals surface area contributed by atoms with Gasteiger partial charge in [0.1, 0.15) is 11.9 Å². The summed E-state index contributed by atoms with van der Waals surface area (Å²) in [4.78, 5) is 8.24. The molecule has 2 saturated heterocycles. The molecule has 150 valence electrons. The van der Waals surface area contributed by atoms with Gasteiger partial charge in [-0.1, -0.05) is 6.42 Å². The van der Waals surface area contributed by atoms with Gasteiger partial charge in [-0.25, -0.2) is 14.4 Å². The SMILES string of the molecule is Oc1cc(-n2ccnc2)ccc1-c1ncc(O[C@H]2CC3CCCC(N3)[C@@H]2F)nn1. The Kier molecular flexibility index (Phi) is 4.59. The van der Waals surface area contributed by atoms with E-state index in [1.807, 2.05) is 6.07 Å². The van der Waals surface area contributed by atoms with Crippen LogP contribution in [-0.4, -0.2) is 54.2 Å². The number of imidazole rings is 1. The zero-order valence-electron chi connectivity index (χ0n) is 15.6. The van der Waals surface area contributed by atoms with Gasteiger partial charge in [-0.2, -0.15) is 0 Å². The van der Waals surface area contributed by atoms with Gasteiger partial charge >= 0.3 is 0 Å². The number of aromatic nitrogens is 5. The summed E-state index contributed by atoms with van der Waals surface area (Å²) in [6, 6.07) is 5.28. The summed E-state index contributed by atoms with van der Waals surface area (Å²) < 4.78 is 22.2. The molecule has 2 N–H and O–H groups in total. The first kappa shape index (κ1) is 18.0. The number of hydrogen-bond donors (Lipinski definition) is 2. The molecule has 2 unspecified atom stereocenters. The van der Waals surface area contributed by atoms with Gasteiger partial charge < -0.3 is 19.7 Å². The molecule has 4 atom stereocenters. The number of rotatable bonds is 4. The Labute approximate surface area is 166 Å². The van der Waals surface area contributed by atoms with E-state index in [9.17, 15) is 9.50 Å². The minimum Gasteiger partial charge on any atom is -0.507 e. The summed E-state index contributed by atoms with van der Waals surface area (Å²) in [7, 11) is 0. The summed E-state index contributed by atoms with van der Waals surface area (Å²) in [6.45, 7) is 0. The average molecular weight is 396 g/mol. The fraction of sp³-hybridized carbons (Fsp3) is 0.400. The molecule has 8 nitrogen and oxygen atoms in total. The summed E-state index contributed by atoms with van der Waals surface area (Å²) in [5.74, 6) is 0.489. The molecule has 0 radical (unpaired) electrons. The van der Waals surface area contributed by atoms with Gasteiger partial charge in [-0.05, 0) is 25.0 Å². The van der Waals surface area contributed by atoms with Gasteiger partial charge in [0, 0.05) is 37.0 Å². The topological polar surface area (TPSA) is 98.0 Å². The highest BCUT2D eigenvalue weighted by Crippen LogP contribution is 2.31. The first-order chi connectivity index (χ1) is 14.2. The smallest absolute Gasteiger partial charge is 0.252 e. The van der Waals surface area contributed by atoms with Crippen LogP contribution in [0.25, 0.3) is 17.1 Å². The molecule has 9 heteroatoms. The van der Waals surface area contributed by atoms with Crippen LogP contribution in [0.1, 0.15) is 25.7 Å². The molecule has 0 amide bonds. The fourth-order valence-corrected chi connectivity index (χ4v) is 4.15. The van der Waals surface area contributed by atoms with Crippen LogP contribution in [0, 0.1) is 0 Å². The van der Waals surface area contributed by atoms with Crippen molar-refractivity contribution in [1.29, 1.82) is 0 Å². The minimum absolute atomic E-state index is 0.0293. The number of phenolic OH excluding ortho intramolecular Hbond substituents is 1. The van der Waals surface area contributed by atoms with Gasteiger partial charge in [-0.3, -0.25) is 0 Å². The number of phenols is 1. The van der Waals surface area contributed by atoms with Crippen molar-refractivity contribution in [2.24, 2.45) is 0 Å². The molecule has 2 aromatic heterocycles. The lowest BCUT2D eigenvalue weighted by molar-refractivity contribution is 0.00628. The number of ether oxygens (including phenoxy) is 1. The first-order valence-corrected chi connectivity index (χ1v) is 9.75. The molecule has 2 bridgehead atoms. The number of alkyl halides is 1. The van der Waals surface area contributed by atoms with E-state index in [1.165, 1.54) is 6.20 Å². The van der Waals surface area contributed by atoms with E-state index in [1.54, 1.807) is 35.4 Å². The Morgan fingerprint density at radius 1 is 1.24 bits per heavy atom. The minimum atomic E-state index is -1.08. The molecule has 1 aromatic carbocycles. The molecule has 4 heterocycles. The Balaban J connectivity index is 1.31. The summed E-state index contributed by atoms with van der Waals surface area (Å²) >= 11 is 0. The van der Waals surface area contributed by atoms with Crippen molar-refractivity contribution in [1.82, 2.24) is 30.0 Å². The molecule has 2 fully saturated rings. The van der Waals surface area contributed by atoms with Gasteiger partial charge in [-0.15, -0.1) is 10.2 Å². The van der Waals surface area contributed by atoms with Gasteiger partial charge in [0.25, 0.3) is 5.88 Å². The van der Waals surface area contributed by atoms with Gasteiger partial charge in [0.15, 0.2) is 12.0 Å². The average Bonchev–Trinajstić information content (AvgIpc) is 3.28. The maximum atomic E-state index is 14.7. The van der Waals surface area contributed by atoms with E-state index in [4.69, 9.17) is 4.74 Å². The molecular weight excluding hydrogens is 375 g/mol. The number of nitrogens with one attached hydrogen (secondary N) is 1. The van der Waals surface area contributed by atoms with Crippen LogP contribution in [-0.2, 0) is 0 Å². The summed E-state index contributed by atoms with van der Waals surface area (Å²) in [5.41, 5.74) is 1.22. The van der Waals surface area contributed by atoms with E-state index in [2.05, 4.69) is 25.5 Å². The highest BCUT2D eigenvalue weighted by Gasteiger charge is 2.41. The van der Waals surface area contributed by atoms with Gasteiger partial charge in [0.05, 0.1) is 23.8 Å². The number of nitrogens with zero attached hydrogens (tertiary/aromatic N) is 5. The third-order valence-electron chi connectivity index (χ3n) is 5.61. The van der Waals surface area contributed by atoms with Crippen LogP contribution < -0.4 is 10.1 Å². The second-order valence-electron chi connectivity index (χ2n) is 7.53. The zero-order valence-corrected chi connectivity index (χ0v) is 15.6. The largest absolute Gasteiger partial charge is 0.507 e.